The maximum atomic E-state index is 13.4. The van der Waals surface area contributed by atoms with Crippen LogP contribution in [0.5, 0.6) is 0 Å². The van der Waals surface area contributed by atoms with Crippen molar-refractivity contribution in [3.8, 4) is 0 Å². The molecule has 0 fully saturated rings. The first-order valence-electron chi connectivity index (χ1n) is 10.4. The van der Waals surface area contributed by atoms with Crippen molar-refractivity contribution in [2.24, 2.45) is 0 Å². The minimum atomic E-state index is -1.53. The summed E-state index contributed by atoms with van der Waals surface area (Å²) in [6, 6.07) is 19.2. The number of carbonyl (C=O) groups is 1. The topological polar surface area (TPSA) is 69.6 Å². The van der Waals surface area contributed by atoms with Crippen LogP contribution in [-0.4, -0.2) is 28.4 Å². The quantitative estimate of drug-likeness (QED) is 0.523. The Balaban J connectivity index is 1.62. The third kappa shape index (κ3) is 4.13. The molecule has 0 radical (unpaired) electrons. The van der Waals surface area contributed by atoms with Crippen LogP contribution in [0, 0.1) is 13.8 Å². The largest absolute Gasteiger partial charge is 0.478 e. The van der Waals surface area contributed by atoms with Gasteiger partial charge in [0.2, 0.25) is 0 Å². The fourth-order valence-electron chi connectivity index (χ4n) is 4.02. The van der Waals surface area contributed by atoms with Crippen LogP contribution < -0.4 is 10.2 Å². The molecule has 31 heavy (non-hydrogen) atoms. The summed E-state index contributed by atoms with van der Waals surface area (Å²) in [6.45, 7) is 6.41. The monoisotopic (exact) mass is 434 g/mol. The van der Waals surface area contributed by atoms with Crippen molar-refractivity contribution in [1.29, 1.82) is 0 Å². The molecule has 0 saturated heterocycles. The SMILES string of the molecule is Cc1ccc2c(c1C)N(CCCNCc1ccccc1)c1cccc(C(=O)O)c1S2=O. The predicted molar refractivity (Wildman–Crippen MR) is 124 cm³/mol. The van der Waals surface area contributed by atoms with Gasteiger partial charge in [0.15, 0.2) is 0 Å². The van der Waals surface area contributed by atoms with E-state index in [-0.39, 0.29) is 5.56 Å². The average molecular weight is 435 g/mol. The Morgan fingerprint density at radius 2 is 1.81 bits per heavy atom. The summed E-state index contributed by atoms with van der Waals surface area (Å²) >= 11 is 0. The van der Waals surface area contributed by atoms with Crippen LogP contribution in [0.4, 0.5) is 11.4 Å². The Bertz CT molecular complexity index is 1150. The van der Waals surface area contributed by atoms with Gasteiger partial charge < -0.3 is 15.3 Å². The number of fused-ring (bicyclic) bond motifs is 2. The van der Waals surface area contributed by atoms with Crippen LogP contribution >= 0.6 is 0 Å². The second-order valence-electron chi connectivity index (χ2n) is 7.75. The Hall–Kier alpha value is -2.96. The fourth-order valence-corrected chi connectivity index (χ4v) is 5.59. The molecule has 1 atom stereocenters. The van der Waals surface area contributed by atoms with E-state index in [0.717, 1.165) is 42.0 Å². The number of carboxylic acid groups (broad SMARTS) is 1. The van der Waals surface area contributed by atoms with E-state index >= 15 is 0 Å². The van der Waals surface area contributed by atoms with Crippen LogP contribution in [0.25, 0.3) is 0 Å². The summed E-state index contributed by atoms with van der Waals surface area (Å²) in [5.41, 5.74) is 5.21. The highest BCUT2D eigenvalue weighted by molar-refractivity contribution is 7.85. The predicted octanol–water partition coefficient (Wildman–Crippen LogP) is 4.80. The molecule has 4 rings (SSSR count). The number of aromatic carboxylic acids is 1. The lowest BCUT2D eigenvalue weighted by molar-refractivity contribution is 0.0693. The zero-order chi connectivity index (χ0) is 22.0. The molecule has 1 aliphatic rings. The van der Waals surface area contributed by atoms with E-state index in [1.807, 2.05) is 50.2 Å². The van der Waals surface area contributed by atoms with Gasteiger partial charge in [-0.1, -0.05) is 42.5 Å². The standard InChI is InChI=1S/C25H26N2O3S/c1-17-12-13-22-23(18(17)2)27(15-7-14-26-16-19-8-4-3-5-9-19)21-11-6-10-20(25(28)29)24(21)31(22)30/h3-6,8-13,26H,7,14-16H2,1-2H3,(H,28,29). The molecule has 3 aromatic rings. The molecule has 6 heteroatoms. The van der Waals surface area contributed by atoms with Gasteiger partial charge in [0.1, 0.15) is 0 Å². The molecule has 1 aliphatic heterocycles. The average Bonchev–Trinajstić information content (AvgIpc) is 2.78. The van der Waals surface area contributed by atoms with E-state index in [4.69, 9.17) is 0 Å². The van der Waals surface area contributed by atoms with Gasteiger partial charge in [-0.15, -0.1) is 0 Å². The summed E-state index contributed by atoms with van der Waals surface area (Å²) in [5.74, 6) is -1.05. The highest BCUT2D eigenvalue weighted by Gasteiger charge is 2.33. The second kappa shape index (κ2) is 9.04. The van der Waals surface area contributed by atoms with Crippen LogP contribution in [0.2, 0.25) is 0 Å². The van der Waals surface area contributed by atoms with Crippen molar-refractivity contribution >= 4 is 28.1 Å². The number of hydrogen-bond acceptors (Lipinski definition) is 4. The van der Waals surface area contributed by atoms with Gasteiger partial charge >= 0.3 is 5.97 Å². The highest BCUT2D eigenvalue weighted by atomic mass is 32.2. The van der Waals surface area contributed by atoms with E-state index in [9.17, 15) is 14.1 Å². The molecule has 0 saturated carbocycles. The second-order valence-corrected chi connectivity index (χ2v) is 9.14. The molecule has 160 valence electrons. The molecule has 0 aromatic heterocycles. The lowest BCUT2D eigenvalue weighted by Crippen LogP contribution is -2.29. The Labute approximate surface area is 185 Å². The van der Waals surface area contributed by atoms with Gasteiger partial charge in [0, 0.05) is 13.1 Å². The number of nitrogens with one attached hydrogen (secondary N) is 1. The number of benzene rings is 3. The van der Waals surface area contributed by atoms with Crippen molar-refractivity contribution in [2.75, 3.05) is 18.0 Å². The Morgan fingerprint density at radius 1 is 1.03 bits per heavy atom. The normalized spacial score (nSPS) is 14.8. The number of carboxylic acids is 1. The summed E-state index contributed by atoms with van der Waals surface area (Å²) in [4.78, 5) is 15.0. The fraction of sp³-hybridized carbons (Fsp3) is 0.240. The molecule has 0 spiro atoms. The van der Waals surface area contributed by atoms with Crippen molar-refractivity contribution in [1.82, 2.24) is 5.32 Å². The summed E-state index contributed by atoms with van der Waals surface area (Å²) in [5, 5.41) is 13.2. The highest BCUT2D eigenvalue weighted by Crippen LogP contribution is 2.45. The zero-order valence-electron chi connectivity index (χ0n) is 17.7. The van der Waals surface area contributed by atoms with E-state index in [1.165, 1.54) is 11.6 Å². The smallest absolute Gasteiger partial charge is 0.337 e. The lowest BCUT2D eigenvalue weighted by Gasteiger charge is -2.35. The Kier molecular flexibility index (Phi) is 6.20. The number of aryl methyl sites for hydroxylation is 1. The number of rotatable bonds is 7. The molecular formula is C25H26N2O3S. The number of anilines is 2. The number of hydrogen-bond donors (Lipinski definition) is 2. The first kappa shape index (κ1) is 21.3. The molecule has 0 amide bonds. The summed E-state index contributed by atoms with van der Waals surface area (Å²) in [6.07, 6.45) is 0.864. The minimum absolute atomic E-state index is 0.104. The van der Waals surface area contributed by atoms with Crippen molar-refractivity contribution in [3.05, 3.63) is 82.9 Å². The maximum absolute atomic E-state index is 13.4. The third-order valence-corrected chi connectivity index (χ3v) is 7.27. The van der Waals surface area contributed by atoms with E-state index < -0.39 is 16.8 Å². The molecule has 5 nitrogen and oxygen atoms in total. The molecule has 1 unspecified atom stereocenters. The first-order valence-corrected chi connectivity index (χ1v) is 11.5. The minimum Gasteiger partial charge on any atom is -0.478 e. The summed E-state index contributed by atoms with van der Waals surface area (Å²) < 4.78 is 13.4. The van der Waals surface area contributed by atoms with E-state index in [1.54, 1.807) is 6.07 Å². The van der Waals surface area contributed by atoms with Crippen LogP contribution in [0.15, 0.2) is 70.5 Å². The zero-order valence-corrected chi connectivity index (χ0v) is 18.5. The maximum Gasteiger partial charge on any atom is 0.337 e. The van der Waals surface area contributed by atoms with Crippen LogP contribution in [0.3, 0.4) is 0 Å². The van der Waals surface area contributed by atoms with Crippen molar-refractivity contribution in [3.63, 3.8) is 0 Å². The molecular weight excluding hydrogens is 408 g/mol. The van der Waals surface area contributed by atoms with Crippen LogP contribution in [0.1, 0.15) is 33.5 Å². The third-order valence-electron chi connectivity index (χ3n) is 5.74. The molecule has 3 aromatic carbocycles. The van der Waals surface area contributed by atoms with Gasteiger partial charge in [-0.3, -0.25) is 0 Å². The molecule has 0 aliphatic carbocycles. The van der Waals surface area contributed by atoms with Gasteiger partial charge in [-0.2, -0.15) is 0 Å². The summed E-state index contributed by atoms with van der Waals surface area (Å²) in [7, 11) is -1.53. The van der Waals surface area contributed by atoms with E-state index in [0.29, 0.717) is 16.3 Å². The number of nitrogens with zero attached hydrogens (tertiary/aromatic N) is 1. The van der Waals surface area contributed by atoms with Gasteiger partial charge in [-0.05, 0) is 61.7 Å². The first-order chi connectivity index (χ1) is 15.0. The lowest BCUT2D eigenvalue weighted by atomic mass is 10.0. The van der Waals surface area contributed by atoms with Gasteiger partial charge in [0.25, 0.3) is 0 Å². The van der Waals surface area contributed by atoms with Gasteiger partial charge in [0.05, 0.1) is 37.5 Å². The molecule has 2 N–H and O–H groups in total. The van der Waals surface area contributed by atoms with Gasteiger partial charge in [-0.25, -0.2) is 9.00 Å². The van der Waals surface area contributed by atoms with Crippen molar-refractivity contribution in [2.45, 2.75) is 36.6 Å². The van der Waals surface area contributed by atoms with E-state index in [2.05, 4.69) is 22.3 Å². The Morgan fingerprint density at radius 3 is 2.55 bits per heavy atom. The molecule has 0 bridgehead atoms. The van der Waals surface area contributed by atoms with Crippen molar-refractivity contribution < 1.29 is 14.1 Å². The molecule has 1 heterocycles. The van der Waals surface area contributed by atoms with Crippen LogP contribution in [-0.2, 0) is 17.3 Å².